The first kappa shape index (κ1) is 9.64. The maximum atomic E-state index is 11.5. The van der Waals surface area contributed by atoms with Crippen LogP contribution in [0.5, 0.6) is 0 Å². The third-order valence-corrected chi connectivity index (χ3v) is 2.39. The number of anilines is 1. The summed E-state index contributed by atoms with van der Waals surface area (Å²) in [6.45, 7) is 0. The fourth-order valence-electron chi connectivity index (χ4n) is 1.70. The van der Waals surface area contributed by atoms with E-state index in [2.05, 4.69) is 4.98 Å². The zero-order valence-electron chi connectivity index (χ0n) is 7.96. The van der Waals surface area contributed by atoms with E-state index in [1.807, 2.05) is 0 Å². The summed E-state index contributed by atoms with van der Waals surface area (Å²) >= 11 is 0. The first-order chi connectivity index (χ1) is 7.20. The molecule has 2 rings (SSSR count). The minimum Gasteiger partial charge on any atom is -0.480 e. The molecule has 1 aliphatic heterocycles. The Kier molecular flexibility index (Phi) is 2.37. The van der Waals surface area contributed by atoms with Crippen molar-refractivity contribution < 1.29 is 14.7 Å². The first-order valence-corrected chi connectivity index (χ1v) is 4.66. The van der Waals surface area contributed by atoms with E-state index in [9.17, 15) is 9.59 Å². The number of pyridine rings is 1. The molecule has 0 saturated carbocycles. The number of carbonyl (C=O) groups excluding carboxylic acids is 1. The standard InChI is InChI=1S/C10H10N2O3/c13-9-5-4-7(10(14)15)12(9)8-3-1-2-6-11-8/h1-3,6-7H,4-5H2,(H,14,15)/t7-/m0/s1. The van der Waals surface area contributed by atoms with Gasteiger partial charge in [-0.15, -0.1) is 0 Å². The maximum absolute atomic E-state index is 11.5. The SMILES string of the molecule is O=C(O)[C@@H]1CCC(=O)N1c1ccccn1. The average Bonchev–Trinajstić information content (AvgIpc) is 2.61. The van der Waals surface area contributed by atoms with Crippen molar-refractivity contribution in [3.63, 3.8) is 0 Å². The van der Waals surface area contributed by atoms with Crippen molar-refractivity contribution in [3.05, 3.63) is 24.4 Å². The van der Waals surface area contributed by atoms with Crippen molar-refractivity contribution in [3.8, 4) is 0 Å². The smallest absolute Gasteiger partial charge is 0.326 e. The van der Waals surface area contributed by atoms with Gasteiger partial charge in [-0.25, -0.2) is 9.78 Å². The molecule has 1 aliphatic rings. The molecule has 1 aromatic heterocycles. The minimum atomic E-state index is -0.980. The van der Waals surface area contributed by atoms with Gasteiger partial charge in [0, 0.05) is 12.6 Å². The zero-order chi connectivity index (χ0) is 10.8. The highest BCUT2D eigenvalue weighted by Gasteiger charge is 2.37. The van der Waals surface area contributed by atoms with Crippen LogP contribution in [-0.4, -0.2) is 28.0 Å². The largest absolute Gasteiger partial charge is 0.480 e. The van der Waals surface area contributed by atoms with Crippen LogP contribution in [0, 0.1) is 0 Å². The monoisotopic (exact) mass is 206 g/mol. The van der Waals surface area contributed by atoms with Crippen LogP contribution in [0.4, 0.5) is 5.82 Å². The molecule has 1 N–H and O–H groups in total. The number of amides is 1. The number of hydrogen-bond donors (Lipinski definition) is 1. The van der Waals surface area contributed by atoms with Crippen molar-refractivity contribution in [2.45, 2.75) is 18.9 Å². The summed E-state index contributed by atoms with van der Waals surface area (Å²) in [5, 5.41) is 8.94. The Labute approximate surface area is 86.3 Å². The van der Waals surface area contributed by atoms with Crippen LogP contribution >= 0.6 is 0 Å². The van der Waals surface area contributed by atoms with Crippen LogP contribution in [0.3, 0.4) is 0 Å². The lowest BCUT2D eigenvalue weighted by molar-refractivity contribution is -0.138. The van der Waals surface area contributed by atoms with Crippen molar-refractivity contribution >= 4 is 17.7 Å². The van der Waals surface area contributed by atoms with Gasteiger partial charge in [0.25, 0.3) is 0 Å². The van der Waals surface area contributed by atoms with Gasteiger partial charge in [-0.05, 0) is 18.6 Å². The minimum absolute atomic E-state index is 0.180. The third-order valence-electron chi connectivity index (χ3n) is 2.39. The van der Waals surface area contributed by atoms with E-state index >= 15 is 0 Å². The zero-order valence-corrected chi connectivity index (χ0v) is 7.96. The lowest BCUT2D eigenvalue weighted by Gasteiger charge is -2.19. The summed E-state index contributed by atoms with van der Waals surface area (Å²) in [4.78, 5) is 27.7. The molecule has 0 aromatic carbocycles. The molecule has 5 nitrogen and oxygen atoms in total. The van der Waals surface area contributed by atoms with E-state index < -0.39 is 12.0 Å². The fraction of sp³-hybridized carbons (Fsp3) is 0.300. The Morgan fingerprint density at radius 1 is 1.53 bits per heavy atom. The molecular weight excluding hydrogens is 196 g/mol. The highest BCUT2D eigenvalue weighted by molar-refractivity contribution is 6.01. The number of aromatic nitrogens is 1. The number of carboxylic acid groups (broad SMARTS) is 1. The lowest BCUT2D eigenvalue weighted by atomic mass is 10.2. The van der Waals surface area contributed by atoms with Gasteiger partial charge in [-0.2, -0.15) is 0 Å². The lowest BCUT2D eigenvalue weighted by Crippen LogP contribution is -2.39. The molecule has 1 fully saturated rings. The van der Waals surface area contributed by atoms with Crippen molar-refractivity contribution in [1.82, 2.24) is 4.98 Å². The molecule has 0 bridgehead atoms. The first-order valence-electron chi connectivity index (χ1n) is 4.66. The van der Waals surface area contributed by atoms with Gasteiger partial charge < -0.3 is 5.11 Å². The number of carbonyl (C=O) groups is 2. The quantitative estimate of drug-likeness (QED) is 0.771. The molecule has 1 amide bonds. The van der Waals surface area contributed by atoms with Crippen LogP contribution in [0.2, 0.25) is 0 Å². The van der Waals surface area contributed by atoms with Crippen molar-refractivity contribution in [1.29, 1.82) is 0 Å². The molecule has 0 spiro atoms. The van der Waals surface area contributed by atoms with Gasteiger partial charge in [0.1, 0.15) is 11.9 Å². The second kappa shape index (κ2) is 3.68. The van der Waals surface area contributed by atoms with E-state index in [0.717, 1.165) is 0 Å². The van der Waals surface area contributed by atoms with E-state index in [4.69, 9.17) is 5.11 Å². The van der Waals surface area contributed by atoms with E-state index in [1.54, 1.807) is 24.4 Å². The maximum Gasteiger partial charge on any atom is 0.326 e. The fourth-order valence-corrected chi connectivity index (χ4v) is 1.70. The number of rotatable bonds is 2. The molecular formula is C10H10N2O3. The molecule has 1 atom stereocenters. The number of hydrogen-bond acceptors (Lipinski definition) is 3. The normalized spacial score (nSPS) is 20.7. The Morgan fingerprint density at radius 3 is 2.93 bits per heavy atom. The van der Waals surface area contributed by atoms with E-state index in [-0.39, 0.29) is 12.3 Å². The summed E-state index contributed by atoms with van der Waals surface area (Å²) in [5.41, 5.74) is 0. The van der Waals surface area contributed by atoms with Crippen LogP contribution in [0.25, 0.3) is 0 Å². The summed E-state index contributed by atoms with van der Waals surface area (Å²) in [7, 11) is 0. The number of nitrogens with zero attached hydrogens (tertiary/aromatic N) is 2. The second-order valence-electron chi connectivity index (χ2n) is 3.34. The Bertz CT molecular complexity index is 391. The molecule has 78 valence electrons. The van der Waals surface area contributed by atoms with Crippen LogP contribution < -0.4 is 4.90 Å². The van der Waals surface area contributed by atoms with E-state index in [0.29, 0.717) is 12.2 Å². The highest BCUT2D eigenvalue weighted by atomic mass is 16.4. The molecule has 5 heteroatoms. The number of carboxylic acids is 1. The molecule has 2 heterocycles. The molecule has 0 aliphatic carbocycles. The van der Waals surface area contributed by atoms with Gasteiger partial charge in [-0.1, -0.05) is 6.07 Å². The van der Waals surface area contributed by atoms with Crippen molar-refractivity contribution in [2.75, 3.05) is 4.90 Å². The summed E-state index contributed by atoms with van der Waals surface area (Å²) in [5.74, 6) is -0.750. The summed E-state index contributed by atoms with van der Waals surface area (Å²) in [6, 6.07) is 4.32. The predicted octanol–water partition coefficient (Wildman–Crippen LogP) is 0.662. The van der Waals surface area contributed by atoms with Crippen LogP contribution in [0.15, 0.2) is 24.4 Å². The van der Waals surface area contributed by atoms with Gasteiger partial charge >= 0.3 is 5.97 Å². The molecule has 15 heavy (non-hydrogen) atoms. The third kappa shape index (κ3) is 1.68. The Hall–Kier alpha value is -1.91. The van der Waals surface area contributed by atoms with Gasteiger partial charge in [0.15, 0.2) is 0 Å². The Balaban J connectivity index is 2.33. The van der Waals surface area contributed by atoms with Crippen molar-refractivity contribution in [2.24, 2.45) is 0 Å². The summed E-state index contributed by atoms with van der Waals surface area (Å²) < 4.78 is 0. The van der Waals surface area contributed by atoms with Crippen LogP contribution in [0.1, 0.15) is 12.8 Å². The van der Waals surface area contributed by atoms with Gasteiger partial charge in [0.2, 0.25) is 5.91 Å². The molecule has 1 saturated heterocycles. The van der Waals surface area contributed by atoms with E-state index in [1.165, 1.54) is 4.90 Å². The highest BCUT2D eigenvalue weighted by Crippen LogP contribution is 2.24. The molecule has 1 aromatic rings. The average molecular weight is 206 g/mol. The molecule has 0 radical (unpaired) electrons. The predicted molar refractivity (Wildman–Crippen MR) is 52.4 cm³/mol. The second-order valence-corrected chi connectivity index (χ2v) is 3.34. The number of aliphatic carboxylic acids is 1. The van der Waals surface area contributed by atoms with Gasteiger partial charge in [-0.3, -0.25) is 9.69 Å². The van der Waals surface area contributed by atoms with Crippen LogP contribution in [-0.2, 0) is 9.59 Å². The topological polar surface area (TPSA) is 70.5 Å². The van der Waals surface area contributed by atoms with Gasteiger partial charge in [0.05, 0.1) is 0 Å². The summed E-state index contributed by atoms with van der Waals surface area (Å²) in [6.07, 6.45) is 2.16. The molecule has 0 unspecified atom stereocenters. The Morgan fingerprint density at radius 2 is 2.33 bits per heavy atom.